The van der Waals surface area contributed by atoms with Crippen LogP contribution in [0.25, 0.3) is 0 Å². The topological polar surface area (TPSA) is 74.8 Å². The number of aryl methyl sites for hydroxylation is 1. The second kappa shape index (κ2) is 11.5. The van der Waals surface area contributed by atoms with Crippen molar-refractivity contribution in [3.8, 4) is 0 Å². The van der Waals surface area contributed by atoms with Crippen LogP contribution < -0.4 is 16.0 Å². The first-order valence-corrected chi connectivity index (χ1v) is 11.1. The fraction of sp³-hybridized carbons (Fsp3) is 0.440. The molecule has 1 aliphatic heterocycles. The maximum atomic E-state index is 12.1. The molecule has 0 aliphatic carbocycles. The second-order valence-electron chi connectivity index (χ2n) is 7.97. The van der Waals surface area contributed by atoms with Gasteiger partial charge in [0, 0.05) is 44.8 Å². The van der Waals surface area contributed by atoms with E-state index in [0.717, 1.165) is 37.5 Å². The van der Waals surface area contributed by atoms with Crippen LogP contribution in [0, 0.1) is 12.8 Å². The summed E-state index contributed by atoms with van der Waals surface area (Å²) >= 11 is 0. The average Bonchev–Trinajstić information content (AvgIpc) is 2.80. The minimum atomic E-state index is -0.0497. The van der Waals surface area contributed by atoms with Crippen molar-refractivity contribution >= 4 is 11.9 Å². The summed E-state index contributed by atoms with van der Waals surface area (Å²) in [5.74, 6) is 1.08. The molecule has 2 aromatic carbocycles. The number of hydrogen-bond acceptors (Lipinski definition) is 3. The molecule has 0 aromatic heterocycles. The van der Waals surface area contributed by atoms with Crippen molar-refractivity contribution in [3.05, 3.63) is 70.8 Å². The third-order valence-corrected chi connectivity index (χ3v) is 5.59. The van der Waals surface area contributed by atoms with E-state index in [1.807, 2.05) is 31.2 Å². The highest BCUT2D eigenvalue weighted by atomic mass is 16.5. The molecule has 1 amide bonds. The highest BCUT2D eigenvalue weighted by Gasteiger charge is 2.27. The van der Waals surface area contributed by atoms with Crippen LogP contribution in [0.15, 0.2) is 53.5 Å². The molecule has 0 spiro atoms. The van der Waals surface area contributed by atoms with Crippen LogP contribution in [-0.4, -0.2) is 38.6 Å². The van der Waals surface area contributed by atoms with Gasteiger partial charge in [-0.2, -0.15) is 0 Å². The number of amides is 1. The largest absolute Gasteiger partial charge is 0.373 e. The standard InChI is InChI=1S/C25H34N4O2/c1-4-27-24(30)21-8-5-7-19(15-21)16-28-25(26-3)29-17-22-9-6-14-31-23(22)20-12-10-18(2)11-13-20/h5,7-8,10-13,15,22-23H,4,6,9,14,16-17H2,1-3H3,(H,27,30)(H2,26,28,29). The fourth-order valence-electron chi connectivity index (χ4n) is 3.90. The maximum absolute atomic E-state index is 12.1. The Morgan fingerprint density at radius 2 is 1.94 bits per heavy atom. The Kier molecular flexibility index (Phi) is 8.47. The number of nitrogens with zero attached hydrogens (tertiary/aromatic N) is 1. The van der Waals surface area contributed by atoms with Crippen molar-refractivity contribution in [2.45, 2.75) is 39.3 Å². The summed E-state index contributed by atoms with van der Waals surface area (Å²) in [6, 6.07) is 16.3. The molecule has 166 valence electrons. The zero-order valence-corrected chi connectivity index (χ0v) is 18.8. The Labute approximate surface area is 185 Å². The van der Waals surface area contributed by atoms with E-state index in [1.165, 1.54) is 11.1 Å². The fourth-order valence-corrected chi connectivity index (χ4v) is 3.90. The Morgan fingerprint density at radius 1 is 1.13 bits per heavy atom. The highest BCUT2D eigenvalue weighted by molar-refractivity contribution is 5.94. The van der Waals surface area contributed by atoms with Gasteiger partial charge in [-0.25, -0.2) is 0 Å². The van der Waals surface area contributed by atoms with Crippen molar-refractivity contribution in [3.63, 3.8) is 0 Å². The molecule has 2 aromatic rings. The SMILES string of the molecule is CCNC(=O)c1cccc(CNC(=NC)NCC2CCCOC2c2ccc(C)cc2)c1. The van der Waals surface area contributed by atoms with Crippen LogP contribution in [0.3, 0.4) is 0 Å². The molecule has 1 aliphatic rings. The van der Waals surface area contributed by atoms with E-state index >= 15 is 0 Å². The Bertz CT molecular complexity index is 879. The maximum Gasteiger partial charge on any atom is 0.251 e. The third-order valence-electron chi connectivity index (χ3n) is 5.59. The molecule has 2 unspecified atom stereocenters. The van der Waals surface area contributed by atoms with Gasteiger partial charge in [0.05, 0.1) is 6.10 Å². The number of ether oxygens (including phenoxy) is 1. The lowest BCUT2D eigenvalue weighted by Crippen LogP contribution is -2.41. The van der Waals surface area contributed by atoms with Crippen molar-refractivity contribution < 1.29 is 9.53 Å². The smallest absolute Gasteiger partial charge is 0.251 e. The van der Waals surface area contributed by atoms with E-state index in [4.69, 9.17) is 4.74 Å². The molecule has 1 heterocycles. The third kappa shape index (κ3) is 6.56. The van der Waals surface area contributed by atoms with Crippen molar-refractivity contribution in [1.29, 1.82) is 0 Å². The van der Waals surface area contributed by atoms with Gasteiger partial charge in [0.1, 0.15) is 0 Å². The second-order valence-corrected chi connectivity index (χ2v) is 7.97. The van der Waals surface area contributed by atoms with Crippen LogP contribution in [0.1, 0.15) is 52.9 Å². The van der Waals surface area contributed by atoms with Crippen LogP contribution in [0.2, 0.25) is 0 Å². The number of carbonyl (C=O) groups is 1. The van der Waals surface area contributed by atoms with Crippen LogP contribution in [0.5, 0.6) is 0 Å². The molecule has 0 radical (unpaired) electrons. The predicted octanol–water partition coefficient (Wildman–Crippen LogP) is 3.58. The number of nitrogens with one attached hydrogen (secondary N) is 3. The van der Waals surface area contributed by atoms with Gasteiger partial charge in [-0.3, -0.25) is 9.79 Å². The van der Waals surface area contributed by atoms with Crippen LogP contribution in [-0.2, 0) is 11.3 Å². The van der Waals surface area contributed by atoms with Gasteiger partial charge < -0.3 is 20.7 Å². The first-order chi connectivity index (χ1) is 15.1. The molecule has 0 bridgehead atoms. The van der Waals surface area contributed by atoms with E-state index in [0.29, 0.717) is 24.6 Å². The number of benzene rings is 2. The lowest BCUT2D eigenvalue weighted by molar-refractivity contribution is -0.0265. The lowest BCUT2D eigenvalue weighted by Gasteiger charge is -2.32. The number of carbonyl (C=O) groups excluding carboxylic acids is 1. The van der Waals surface area contributed by atoms with Crippen molar-refractivity contribution in [1.82, 2.24) is 16.0 Å². The molecule has 6 heteroatoms. The van der Waals surface area contributed by atoms with Gasteiger partial charge in [0.15, 0.2) is 5.96 Å². The summed E-state index contributed by atoms with van der Waals surface area (Å²) in [6.07, 6.45) is 2.30. The summed E-state index contributed by atoms with van der Waals surface area (Å²) < 4.78 is 6.13. The Balaban J connectivity index is 1.55. The summed E-state index contributed by atoms with van der Waals surface area (Å²) in [6.45, 7) is 6.83. The van der Waals surface area contributed by atoms with Gasteiger partial charge in [0.25, 0.3) is 5.91 Å². The number of guanidine groups is 1. The molecule has 31 heavy (non-hydrogen) atoms. The van der Waals surface area contributed by atoms with Gasteiger partial charge in [-0.1, -0.05) is 42.0 Å². The van der Waals surface area contributed by atoms with Gasteiger partial charge >= 0.3 is 0 Å². The lowest BCUT2D eigenvalue weighted by atomic mass is 9.89. The predicted molar refractivity (Wildman–Crippen MR) is 125 cm³/mol. The molecule has 3 rings (SSSR count). The molecule has 1 fully saturated rings. The minimum absolute atomic E-state index is 0.0497. The molecule has 0 saturated carbocycles. The summed E-state index contributed by atoms with van der Waals surface area (Å²) in [5.41, 5.74) is 4.20. The monoisotopic (exact) mass is 422 g/mol. The highest BCUT2D eigenvalue weighted by Crippen LogP contribution is 2.33. The van der Waals surface area contributed by atoms with Gasteiger partial charge in [-0.05, 0) is 49.9 Å². The van der Waals surface area contributed by atoms with E-state index in [9.17, 15) is 4.79 Å². The van der Waals surface area contributed by atoms with Gasteiger partial charge in [-0.15, -0.1) is 0 Å². The molecular formula is C25H34N4O2. The molecular weight excluding hydrogens is 388 g/mol. The van der Waals surface area contributed by atoms with Gasteiger partial charge in [0.2, 0.25) is 0 Å². The van der Waals surface area contributed by atoms with Crippen LogP contribution >= 0.6 is 0 Å². The minimum Gasteiger partial charge on any atom is -0.373 e. The number of rotatable bonds is 7. The molecule has 3 N–H and O–H groups in total. The number of aliphatic imine (C=N–C) groups is 1. The van der Waals surface area contributed by atoms with E-state index < -0.39 is 0 Å². The quantitative estimate of drug-likeness (QED) is 0.471. The number of hydrogen-bond donors (Lipinski definition) is 3. The van der Waals surface area contributed by atoms with E-state index in [-0.39, 0.29) is 12.0 Å². The van der Waals surface area contributed by atoms with E-state index in [1.54, 1.807) is 7.05 Å². The normalized spacial score (nSPS) is 19.0. The first-order valence-electron chi connectivity index (χ1n) is 11.1. The van der Waals surface area contributed by atoms with Crippen LogP contribution in [0.4, 0.5) is 0 Å². The Hall–Kier alpha value is -2.86. The van der Waals surface area contributed by atoms with Crippen molar-refractivity contribution in [2.24, 2.45) is 10.9 Å². The average molecular weight is 423 g/mol. The molecule has 6 nitrogen and oxygen atoms in total. The zero-order chi connectivity index (χ0) is 22.1. The zero-order valence-electron chi connectivity index (χ0n) is 18.8. The van der Waals surface area contributed by atoms with Crippen molar-refractivity contribution in [2.75, 3.05) is 26.7 Å². The summed E-state index contributed by atoms with van der Waals surface area (Å²) in [7, 11) is 1.77. The molecule has 2 atom stereocenters. The molecule has 1 saturated heterocycles. The summed E-state index contributed by atoms with van der Waals surface area (Å²) in [5, 5.41) is 9.64. The first kappa shape index (κ1) is 22.8. The van der Waals surface area contributed by atoms with E-state index in [2.05, 4.69) is 52.1 Å². The Morgan fingerprint density at radius 3 is 2.68 bits per heavy atom. The summed E-state index contributed by atoms with van der Waals surface area (Å²) in [4.78, 5) is 16.4.